The third kappa shape index (κ3) is 2.12. The number of allylic oxidation sites excluding steroid dienone is 1. The molecule has 0 N–H and O–H groups in total. The number of non-ortho nitro benzene ring substituents is 1. The van der Waals surface area contributed by atoms with E-state index < -0.39 is 4.92 Å². The Bertz CT molecular complexity index is 743. The lowest BCUT2D eigenvalue weighted by atomic mass is 10.0. The van der Waals surface area contributed by atoms with Crippen LogP contribution >= 0.6 is 0 Å². The number of aliphatic imine (C=N–C) groups is 1. The molecule has 0 amide bonds. The number of nitro groups is 1. The van der Waals surface area contributed by atoms with Crippen LogP contribution in [-0.4, -0.2) is 10.6 Å². The van der Waals surface area contributed by atoms with Crippen LogP contribution in [0.3, 0.4) is 0 Å². The van der Waals surface area contributed by atoms with E-state index in [1.807, 2.05) is 37.3 Å². The molecule has 0 aliphatic carbocycles. The van der Waals surface area contributed by atoms with Gasteiger partial charge < -0.3 is 0 Å². The van der Waals surface area contributed by atoms with Gasteiger partial charge in [-0.15, -0.1) is 0 Å². The molecule has 0 spiro atoms. The molecule has 0 unspecified atom stereocenters. The van der Waals surface area contributed by atoms with Crippen molar-refractivity contribution in [1.29, 1.82) is 0 Å². The van der Waals surface area contributed by atoms with Crippen molar-refractivity contribution in [3.63, 3.8) is 0 Å². The smallest absolute Gasteiger partial charge is 0.258 e. The molecule has 20 heavy (non-hydrogen) atoms. The van der Waals surface area contributed by atoms with E-state index in [4.69, 9.17) is 0 Å². The van der Waals surface area contributed by atoms with Crippen molar-refractivity contribution in [3.05, 3.63) is 69.8 Å². The molecule has 0 bridgehead atoms. The summed E-state index contributed by atoms with van der Waals surface area (Å²) in [6.07, 6.45) is 2.01. The van der Waals surface area contributed by atoms with Crippen molar-refractivity contribution in [2.24, 2.45) is 4.99 Å². The molecule has 1 aliphatic rings. The van der Waals surface area contributed by atoms with Crippen LogP contribution in [0.2, 0.25) is 0 Å². The lowest BCUT2D eigenvalue weighted by molar-refractivity contribution is -0.384. The van der Waals surface area contributed by atoms with Gasteiger partial charge in [-0.05, 0) is 36.8 Å². The van der Waals surface area contributed by atoms with Crippen molar-refractivity contribution in [2.45, 2.75) is 6.92 Å². The van der Waals surface area contributed by atoms with E-state index in [-0.39, 0.29) is 5.69 Å². The molecule has 0 saturated carbocycles. The Labute approximate surface area is 116 Å². The lowest BCUT2D eigenvalue weighted by Crippen LogP contribution is -1.90. The molecule has 2 aromatic rings. The van der Waals surface area contributed by atoms with Gasteiger partial charge in [0.15, 0.2) is 0 Å². The molecule has 98 valence electrons. The maximum Gasteiger partial charge on any atom is 0.269 e. The average molecular weight is 264 g/mol. The molecule has 0 saturated heterocycles. The first kappa shape index (κ1) is 12.3. The number of nitro benzene ring substituents is 1. The van der Waals surface area contributed by atoms with Gasteiger partial charge in [0, 0.05) is 29.0 Å². The van der Waals surface area contributed by atoms with Gasteiger partial charge in [0.25, 0.3) is 5.69 Å². The number of hydrogen-bond acceptors (Lipinski definition) is 3. The highest BCUT2D eigenvalue weighted by Gasteiger charge is 2.16. The molecule has 1 aliphatic heterocycles. The molecule has 4 nitrogen and oxygen atoms in total. The summed E-state index contributed by atoms with van der Waals surface area (Å²) in [5, 5.41) is 10.6. The van der Waals surface area contributed by atoms with E-state index in [2.05, 4.69) is 4.99 Å². The normalized spacial score (nSPS) is 15.1. The second-order valence-corrected chi connectivity index (χ2v) is 4.62. The van der Waals surface area contributed by atoms with E-state index in [0.29, 0.717) is 0 Å². The predicted octanol–water partition coefficient (Wildman–Crippen LogP) is 4.24. The molecule has 0 atom stereocenters. The molecule has 2 aromatic carbocycles. The van der Waals surface area contributed by atoms with Crippen LogP contribution in [0, 0.1) is 10.1 Å². The largest absolute Gasteiger partial charge is 0.269 e. The molecule has 0 aromatic heterocycles. The quantitative estimate of drug-likeness (QED) is 0.601. The summed E-state index contributed by atoms with van der Waals surface area (Å²) in [7, 11) is 0. The van der Waals surface area contributed by atoms with Gasteiger partial charge in [-0.2, -0.15) is 0 Å². The van der Waals surface area contributed by atoms with E-state index in [1.165, 1.54) is 12.1 Å². The number of benzene rings is 2. The summed E-state index contributed by atoms with van der Waals surface area (Å²) < 4.78 is 0. The van der Waals surface area contributed by atoms with Crippen LogP contribution in [-0.2, 0) is 0 Å². The van der Waals surface area contributed by atoms with Crippen molar-refractivity contribution in [1.82, 2.24) is 0 Å². The Morgan fingerprint density at radius 3 is 2.50 bits per heavy atom. The van der Waals surface area contributed by atoms with Crippen LogP contribution in [0.15, 0.2) is 53.5 Å². The fourth-order valence-corrected chi connectivity index (χ4v) is 2.28. The van der Waals surface area contributed by atoms with Gasteiger partial charge in [0.1, 0.15) is 0 Å². The van der Waals surface area contributed by atoms with Crippen LogP contribution in [0.25, 0.3) is 11.6 Å². The fourth-order valence-electron chi connectivity index (χ4n) is 2.28. The summed E-state index contributed by atoms with van der Waals surface area (Å²) in [6.45, 7) is 1.97. The topological polar surface area (TPSA) is 55.5 Å². The molecule has 4 heteroatoms. The van der Waals surface area contributed by atoms with Crippen molar-refractivity contribution in [2.75, 3.05) is 0 Å². The van der Waals surface area contributed by atoms with Crippen molar-refractivity contribution in [3.8, 4) is 0 Å². The summed E-state index contributed by atoms with van der Waals surface area (Å²) >= 11 is 0. The Hall–Kier alpha value is -2.75. The van der Waals surface area contributed by atoms with Crippen LogP contribution in [0.4, 0.5) is 11.4 Å². The predicted molar refractivity (Wildman–Crippen MR) is 80.2 cm³/mol. The van der Waals surface area contributed by atoms with E-state index in [9.17, 15) is 10.1 Å². The zero-order chi connectivity index (χ0) is 14.1. The number of hydrogen-bond donors (Lipinski definition) is 0. The third-order valence-corrected chi connectivity index (χ3v) is 3.29. The van der Waals surface area contributed by atoms with Crippen molar-refractivity contribution >= 4 is 28.7 Å². The zero-order valence-corrected chi connectivity index (χ0v) is 10.9. The lowest BCUT2D eigenvalue weighted by Gasteiger charge is -2.01. The standard InChI is InChI=1S/C16H12N2O2/c1-11-15(14-4-2-3-5-16(14)17-11)10-12-6-8-13(9-7-12)18(19)20/h2-10H,1H3/b15-10+. The number of para-hydroxylation sites is 1. The minimum absolute atomic E-state index is 0.101. The van der Waals surface area contributed by atoms with Gasteiger partial charge in [0.05, 0.1) is 10.6 Å². The highest BCUT2D eigenvalue weighted by molar-refractivity contribution is 6.31. The second kappa shape index (κ2) is 4.74. The van der Waals surface area contributed by atoms with E-state index in [1.54, 1.807) is 12.1 Å². The first-order chi connectivity index (χ1) is 9.65. The highest BCUT2D eigenvalue weighted by Crippen LogP contribution is 2.35. The number of rotatable bonds is 2. The first-order valence-electron chi connectivity index (χ1n) is 6.26. The van der Waals surface area contributed by atoms with Crippen LogP contribution in [0.1, 0.15) is 18.1 Å². The first-order valence-corrected chi connectivity index (χ1v) is 6.26. The maximum absolute atomic E-state index is 10.6. The molecular formula is C16H12N2O2. The summed E-state index contributed by atoms with van der Waals surface area (Å²) in [6, 6.07) is 14.5. The average Bonchev–Trinajstić information content (AvgIpc) is 2.76. The number of nitrogens with zero attached hydrogens (tertiary/aromatic N) is 2. The summed E-state index contributed by atoms with van der Waals surface area (Å²) in [4.78, 5) is 14.8. The summed E-state index contributed by atoms with van der Waals surface area (Å²) in [5.41, 5.74) is 5.13. The molecular weight excluding hydrogens is 252 g/mol. The van der Waals surface area contributed by atoms with Crippen LogP contribution in [0.5, 0.6) is 0 Å². The Balaban J connectivity index is 2.01. The van der Waals surface area contributed by atoms with Crippen molar-refractivity contribution < 1.29 is 4.92 Å². The Morgan fingerprint density at radius 1 is 1.10 bits per heavy atom. The van der Waals surface area contributed by atoms with Gasteiger partial charge in [-0.1, -0.05) is 18.2 Å². The molecule has 0 radical (unpaired) electrons. The second-order valence-electron chi connectivity index (χ2n) is 4.62. The minimum Gasteiger partial charge on any atom is -0.258 e. The van der Waals surface area contributed by atoms with Gasteiger partial charge in [-0.3, -0.25) is 15.1 Å². The zero-order valence-electron chi connectivity index (χ0n) is 10.9. The van der Waals surface area contributed by atoms with Crippen LogP contribution < -0.4 is 0 Å². The van der Waals surface area contributed by atoms with Gasteiger partial charge >= 0.3 is 0 Å². The molecule has 1 heterocycles. The minimum atomic E-state index is -0.394. The van der Waals surface area contributed by atoms with E-state index in [0.717, 1.165) is 28.1 Å². The van der Waals surface area contributed by atoms with E-state index >= 15 is 0 Å². The molecule has 0 fully saturated rings. The summed E-state index contributed by atoms with van der Waals surface area (Å²) in [5.74, 6) is 0. The highest BCUT2D eigenvalue weighted by atomic mass is 16.6. The number of fused-ring (bicyclic) bond motifs is 1. The Morgan fingerprint density at radius 2 is 1.80 bits per heavy atom. The Kier molecular flexibility index (Phi) is 2.91. The monoisotopic (exact) mass is 264 g/mol. The maximum atomic E-state index is 10.6. The molecule has 3 rings (SSSR count). The fraction of sp³-hybridized carbons (Fsp3) is 0.0625. The van der Waals surface area contributed by atoms with Gasteiger partial charge in [-0.25, -0.2) is 0 Å². The SMILES string of the molecule is CC1=Nc2ccccc2/C1=C/c1ccc([N+](=O)[O-])cc1. The van der Waals surface area contributed by atoms with Gasteiger partial charge in [0.2, 0.25) is 0 Å². The third-order valence-electron chi connectivity index (χ3n) is 3.29.